The number of hydrogen-bond acceptors (Lipinski definition) is 3. The molecule has 6 heteroatoms. The summed E-state index contributed by atoms with van der Waals surface area (Å²) in [6.45, 7) is 0. The van der Waals surface area contributed by atoms with Crippen LogP contribution in [0.15, 0.2) is 54.6 Å². The van der Waals surface area contributed by atoms with Crippen molar-refractivity contribution in [2.75, 3.05) is 0 Å². The van der Waals surface area contributed by atoms with Gasteiger partial charge in [0.2, 0.25) is 0 Å². The van der Waals surface area contributed by atoms with Crippen LogP contribution in [0.25, 0.3) is 0 Å². The van der Waals surface area contributed by atoms with Crippen molar-refractivity contribution in [3.8, 4) is 11.5 Å². The van der Waals surface area contributed by atoms with Gasteiger partial charge in [0.15, 0.2) is 5.60 Å². The molecular formula is C20H9I3O3. The quantitative estimate of drug-likeness (QED) is 0.165. The molecule has 1 spiro atoms. The van der Waals surface area contributed by atoms with E-state index in [1.54, 1.807) is 0 Å². The predicted octanol–water partition coefficient (Wildman–Crippen LogP) is 6.07. The molecule has 0 radical (unpaired) electrons. The van der Waals surface area contributed by atoms with Crippen molar-refractivity contribution in [2.24, 2.45) is 0 Å². The van der Waals surface area contributed by atoms with Crippen LogP contribution in [-0.2, 0) is 10.3 Å². The van der Waals surface area contributed by atoms with E-state index in [1.807, 2.05) is 54.6 Å². The molecule has 2 aliphatic heterocycles. The molecule has 0 aromatic heterocycles. The van der Waals surface area contributed by atoms with Crippen LogP contribution in [0.2, 0.25) is 0 Å². The van der Waals surface area contributed by atoms with E-state index in [0.717, 1.165) is 38.9 Å². The molecule has 0 bridgehead atoms. The minimum Gasteiger partial charge on any atom is -0.456 e. The molecule has 0 saturated carbocycles. The molecule has 3 nitrogen and oxygen atoms in total. The summed E-state index contributed by atoms with van der Waals surface area (Å²) in [6.07, 6.45) is 0. The van der Waals surface area contributed by atoms with Crippen molar-refractivity contribution in [1.82, 2.24) is 0 Å². The fraction of sp³-hybridized carbons (Fsp3) is 0.0500. The summed E-state index contributed by atoms with van der Waals surface area (Å²) in [5, 5.41) is 0. The summed E-state index contributed by atoms with van der Waals surface area (Å²) >= 11 is 6.98. The topological polar surface area (TPSA) is 35.5 Å². The van der Waals surface area contributed by atoms with Gasteiger partial charge in [-0.2, -0.15) is 0 Å². The lowest BCUT2D eigenvalue weighted by atomic mass is 9.78. The van der Waals surface area contributed by atoms with Crippen LogP contribution in [0.5, 0.6) is 11.5 Å². The number of ether oxygens (including phenoxy) is 2. The van der Waals surface area contributed by atoms with E-state index in [0.29, 0.717) is 5.56 Å². The predicted molar refractivity (Wildman–Crippen MR) is 123 cm³/mol. The SMILES string of the molecule is O=C1OC2(c3ccccc3Oc3cc(I)c(I)c(I)c32)c2ccccc21. The second kappa shape index (κ2) is 6.06. The minimum absolute atomic E-state index is 0.299. The van der Waals surface area contributed by atoms with Gasteiger partial charge in [-0.15, -0.1) is 0 Å². The third kappa shape index (κ3) is 2.17. The summed E-state index contributed by atoms with van der Waals surface area (Å²) in [5.41, 5.74) is 2.27. The second-order valence-corrected chi connectivity index (χ2v) is 9.39. The molecule has 26 heavy (non-hydrogen) atoms. The second-order valence-electron chi connectivity index (χ2n) is 6.07. The zero-order valence-electron chi connectivity index (χ0n) is 13.1. The maximum Gasteiger partial charge on any atom is 0.340 e. The van der Waals surface area contributed by atoms with E-state index in [-0.39, 0.29) is 5.97 Å². The summed E-state index contributed by atoms with van der Waals surface area (Å²) < 4.78 is 15.7. The number of esters is 1. The van der Waals surface area contributed by atoms with Crippen LogP contribution in [0.1, 0.15) is 27.0 Å². The van der Waals surface area contributed by atoms with E-state index < -0.39 is 5.60 Å². The number of carbonyl (C=O) groups excluding carboxylic acids is 1. The molecule has 0 N–H and O–H groups in total. The summed E-state index contributed by atoms with van der Waals surface area (Å²) in [6, 6.07) is 17.4. The molecule has 2 aliphatic rings. The monoisotopic (exact) mass is 678 g/mol. The maximum atomic E-state index is 12.8. The first kappa shape index (κ1) is 17.2. The normalized spacial score (nSPS) is 19.4. The van der Waals surface area contributed by atoms with E-state index in [1.165, 1.54) is 0 Å². The van der Waals surface area contributed by atoms with Crippen molar-refractivity contribution < 1.29 is 14.3 Å². The Morgan fingerprint density at radius 3 is 2.31 bits per heavy atom. The molecule has 0 fully saturated rings. The van der Waals surface area contributed by atoms with Crippen LogP contribution < -0.4 is 4.74 Å². The van der Waals surface area contributed by atoms with Gasteiger partial charge < -0.3 is 9.47 Å². The smallest absolute Gasteiger partial charge is 0.340 e. The molecule has 3 aromatic carbocycles. The lowest BCUT2D eigenvalue weighted by molar-refractivity contribution is 0.0221. The first-order valence-electron chi connectivity index (χ1n) is 7.82. The van der Waals surface area contributed by atoms with Gasteiger partial charge in [0.05, 0.1) is 11.1 Å². The van der Waals surface area contributed by atoms with Crippen LogP contribution in [0.3, 0.4) is 0 Å². The van der Waals surface area contributed by atoms with Crippen LogP contribution >= 0.6 is 67.8 Å². The number of rotatable bonds is 0. The Balaban J connectivity index is 1.97. The van der Waals surface area contributed by atoms with Gasteiger partial charge in [-0.05, 0) is 86.0 Å². The van der Waals surface area contributed by atoms with Gasteiger partial charge in [0.25, 0.3) is 0 Å². The Kier molecular flexibility index (Phi) is 4.02. The minimum atomic E-state index is -0.974. The van der Waals surface area contributed by atoms with Crippen LogP contribution in [-0.4, -0.2) is 5.97 Å². The molecule has 2 heterocycles. The zero-order chi connectivity index (χ0) is 18.1. The molecule has 5 rings (SSSR count). The van der Waals surface area contributed by atoms with E-state index in [9.17, 15) is 4.79 Å². The van der Waals surface area contributed by atoms with Crippen molar-refractivity contribution in [1.29, 1.82) is 0 Å². The van der Waals surface area contributed by atoms with Gasteiger partial charge in [-0.1, -0.05) is 36.4 Å². The van der Waals surface area contributed by atoms with Crippen LogP contribution in [0.4, 0.5) is 0 Å². The van der Waals surface area contributed by atoms with Gasteiger partial charge in [-0.25, -0.2) is 4.79 Å². The third-order valence-corrected chi connectivity index (χ3v) is 9.85. The number of para-hydroxylation sites is 1. The lowest BCUT2D eigenvalue weighted by Gasteiger charge is -2.37. The largest absolute Gasteiger partial charge is 0.456 e. The highest BCUT2D eigenvalue weighted by atomic mass is 127. The fourth-order valence-electron chi connectivity index (χ4n) is 3.68. The highest BCUT2D eigenvalue weighted by Gasteiger charge is 2.54. The van der Waals surface area contributed by atoms with Crippen molar-refractivity contribution in [3.05, 3.63) is 87.6 Å². The van der Waals surface area contributed by atoms with Gasteiger partial charge in [-0.3, -0.25) is 0 Å². The highest BCUT2D eigenvalue weighted by molar-refractivity contribution is 14.1. The molecule has 128 valence electrons. The summed E-state index contributed by atoms with van der Waals surface area (Å²) in [4.78, 5) is 12.8. The Labute approximate surface area is 190 Å². The maximum absolute atomic E-state index is 12.8. The van der Waals surface area contributed by atoms with E-state index in [4.69, 9.17) is 9.47 Å². The van der Waals surface area contributed by atoms with E-state index in [2.05, 4.69) is 67.8 Å². The standard InChI is InChI=1S/C20H9I3O3/c21-13-9-15-16(18(23)17(13)22)20(12-7-3-4-8-14(12)25-15)11-6-2-1-5-10(11)19(24)26-20/h1-9H. The molecule has 0 amide bonds. The zero-order valence-corrected chi connectivity index (χ0v) is 19.5. The molecule has 0 saturated heterocycles. The average Bonchev–Trinajstić information content (AvgIpc) is 2.93. The Morgan fingerprint density at radius 1 is 0.808 bits per heavy atom. The third-order valence-electron chi connectivity index (χ3n) is 4.74. The van der Waals surface area contributed by atoms with Crippen LogP contribution in [0, 0.1) is 10.7 Å². The number of benzene rings is 3. The Morgan fingerprint density at radius 2 is 1.50 bits per heavy atom. The lowest BCUT2D eigenvalue weighted by Crippen LogP contribution is -2.34. The number of halogens is 3. The molecule has 0 aliphatic carbocycles. The van der Waals surface area contributed by atoms with Crippen molar-refractivity contribution >= 4 is 73.7 Å². The number of carbonyl (C=O) groups is 1. The van der Waals surface area contributed by atoms with E-state index >= 15 is 0 Å². The molecule has 1 atom stereocenters. The fourth-order valence-corrected chi connectivity index (χ4v) is 6.11. The molecular weight excluding hydrogens is 669 g/mol. The first-order valence-corrected chi connectivity index (χ1v) is 11.1. The molecule has 1 unspecified atom stereocenters. The van der Waals surface area contributed by atoms with Crippen molar-refractivity contribution in [3.63, 3.8) is 0 Å². The Bertz CT molecular complexity index is 1110. The van der Waals surface area contributed by atoms with Gasteiger partial charge in [0.1, 0.15) is 11.5 Å². The first-order chi connectivity index (χ1) is 12.5. The number of hydrogen-bond donors (Lipinski definition) is 0. The molecule has 3 aromatic rings. The Hall–Kier alpha value is -0.880. The van der Waals surface area contributed by atoms with Gasteiger partial charge >= 0.3 is 5.97 Å². The van der Waals surface area contributed by atoms with Gasteiger partial charge in [0, 0.05) is 21.8 Å². The average molecular weight is 678 g/mol. The summed E-state index contributed by atoms with van der Waals surface area (Å²) in [5.74, 6) is 1.16. The van der Waals surface area contributed by atoms with Crippen molar-refractivity contribution in [2.45, 2.75) is 5.60 Å². The number of fused-ring (bicyclic) bond motifs is 6. The highest BCUT2D eigenvalue weighted by Crippen LogP contribution is 2.57. The summed E-state index contributed by atoms with van der Waals surface area (Å²) in [7, 11) is 0.